The molecule has 4 saturated carbocycles. The first kappa shape index (κ1) is 14.5. The summed E-state index contributed by atoms with van der Waals surface area (Å²) in [5, 5.41) is 10.1. The number of hydrogen-bond acceptors (Lipinski definition) is 1. The molecule has 0 heterocycles. The standard InChI is InChI=1S/C19H33NO/c1-18-9-7-13(21)11-12(18)3-4-14-15-5-6-17(20)19(15,2)10-8-16(14)18/h12-17,21H,3-11,20H2,1-2H3/p+1/t12-,13+,14-,15-,16+,17-,18-,19-/m0/s1. The number of hydrogen-bond donors (Lipinski definition) is 2. The Balaban J connectivity index is 1.62. The van der Waals surface area contributed by atoms with Crippen LogP contribution in [0.3, 0.4) is 0 Å². The van der Waals surface area contributed by atoms with E-state index in [1.165, 1.54) is 44.9 Å². The Hall–Kier alpha value is -0.0800. The van der Waals surface area contributed by atoms with Gasteiger partial charge < -0.3 is 10.8 Å². The lowest BCUT2D eigenvalue weighted by molar-refractivity contribution is -0.445. The second-order valence-corrected chi connectivity index (χ2v) is 9.40. The highest BCUT2D eigenvalue weighted by Gasteiger charge is 2.60. The first-order valence-corrected chi connectivity index (χ1v) is 9.46. The fourth-order valence-corrected chi connectivity index (χ4v) is 7.34. The van der Waals surface area contributed by atoms with E-state index in [9.17, 15) is 5.11 Å². The van der Waals surface area contributed by atoms with Crippen LogP contribution < -0.4 is 5.73 Å². The van der Waals surface area contributed by atoms with Gasteiger partial charge in [0.25, 0.3) is 0 Å². The van der Waals surface area contributed by atoms with Crippen molar-refractivity contribution in [2.45, 2.75) is 83.8 Å². The lowest BCUT2D eigenvalue weighted by Gasteiger charge is -2.60. The first-order valence-electron chi connectivity index (χ1n) is 9.46. The zero-order chi connectivity index (χ0) is 14.8. The zero-order valence-corrected chi connectivity index (χ0v) is 14.0. The van der Waals surface area contributed by atoms with Gasteiger partial charge in [-0.1, -0.05) is 13.8 Å². The van der Waals surface area contributed by atoms with Gasteiger partial charge in [0.05, 0.1) is 12.1 Å². The van der Waals surface area contributed by atoms with Crippen molar-refractivity contribution in [1.82, 2.24) is 0 Å². The summed E-state index contributed by atoms with van der Waals surface area (Å²) in [5.41, 5.74) is 5.58. The molecule has 0 unspecified atom stereocenters. The molecule has 4 fully saturated rings. The van der Waals surface area contributed by atoms with Gasteiger partial charge in [-0.25, -0.2) is 0 Å². The van der Waals surface area contributed by atoms with E-state index in [4.69, 9.17) is 0 Å². The van der Waals surface area contributed by atoms with Gasteiger partial charge in [0.15, 0.2) is 0 Å². The van der Waals surface area contributed by atoms with Gasteiger partial charge in [0.2, 0.25) is 0 Å². The molecule has 0 aromatic heterocycles. The van der Waals surface area contributed by atoms with Gasteiger partial charge in [0, 0.05) is 11.8 Å². The molecule has 21 heavy (non-hydrogen) atoms. The smallest absolute Gasteiger partial charge is 0.0900 e. The third kappa shape index (κ3) is 1.91. The lowest BCUT2D eigenvalue weighted by atomic mass is 9.45. The van der Waals surface area contributed by atoms with Crippen LogP contribution in [0, 0.1) is 34.5 Å². The number of aliphatic hydroxyl groups is 1. The van der Waals surface area contributed by atoms with Gasteiger partial charge in [-0.15, -0.1) is 0 Å². The summed E-state index contributed by atoms with van der Waals surface area (Å²) >= 11 is 0. The summed E-state index contributed by atoms with van der Waals surface area (Å²) in [7, 11) is 0. The molecular formula is C19H34NO+. The normalized spacial score (nSPS) is 60.0. The molecule has 120 valence electrons. The molecule has 8 atom stereocenters. The van der Waals surface area contributed by atoms with Crippen molar-refractivity contribution in [3.8, 4) is 0 Å². The minimum atomic E-state index is -0.0100. The highest BCUT2D eigenvalue weighted by Crippen LogP contribution is 2.65. The van der Waals surface area contributed by atoms with Crippen LogP contribution in [-0.2, 0) is 0 Å². The van der Waals surface area contributed by atoms with Crippen molar-refractivity contribution < 1.29 is 10.8 Å². The van der Waals surface area contributed by atoms with E-state index >= 15 is 0 Å². The van der Waals surface area contributed by atoms with Crippen LogP contribution in [-0.4, -0.2) is 17.3 Å². The molecular weight excluding hydrogens is 258 g/mol. The Morgan fingerprint density at radius 2 is 1.57 bits per heavy atom. The quantitative estimate of drug-likeness (QED) is 0.708. The van der Waals surface area contributed by atoms with Gasteiger partial charge >= 0.3 is 0 Å². The maximum atomic E-state index is 10.1. The molecule has 2 heteroatoms. The maximum absolute atomic E-state index is 10.1. The van der Waals surface area contributed by atoms with Crippen LogP contribution in [0.5, 0.6) is 0 Å². The Bertz CT molecular complexity index is 424. The summed E-state index contributed by atoms with van der Waals surface area (Å²) < 4.78 is 0. The summed E-state index contributed by atoms with van der Waals surface area (Å²) in [5.74, 6) is 3.64. The van der Waals surface area contributed by atoms with Crippen LogP contribution >= 0.6 is 0 Å². The molecule has 0 bridgehead atoms. The Morgan fingerprint density at radius 3 is 2.38 bits per heavy atom. The average molecular weight is 292 g/mol. The van der Waals surface area contributed by atoms with Crippen molar-refractivity contribution in [3.05, 3.63) is 0 Å². The van der Waals surface area contributed by atoms with Gasteiger partial charge in [-0.3, -0.25) is 0 Å². The van der Waals surface area contributed by atoms with Crippen LogP contribution in [0.4, 0.5) is 0 Å². The highest BCUT2D eigenvalue weighted by atomic mass is 16.3. The van der Waals surface area contributed by atoms with Crippen molar-refractivity contribution in [1.29, 1.82) is 0 Å². The van der Waals surface area contributed by atoms with Crippen LogP contribution in [0.25, 0.3) is 0 Å². The predicted molar refractivity (Wildman–Crippen MR) is 84.4 cm³/mol. The first-order chi connectivity index (χ1) is 9.95. The molecule has 0 saturated heterocycles. The lowest BCUT2D eigenvalue weighted by Crippen LogP contribution is -2.68. The minimum absolute atomic E-state index is 0.0100. The summed E-state index contributed by atoms with van der Waals surface area (Å²) in [6, 6.07) is 0.696. The van der Waals surface area contributed by atoms with E-state index < -0.39 is 0 Å². The van der Waals surface area contributed by atoms with Crippen LogP contribution in [0.2, 0.25) is 0 Å². The molecule has 4 aliphatic rings. The maximum Gasteiger partial charge on any atom is 0.0900 e. The Kier molecular flexibility index (Phi) is 3.25. The SMILES string of the molecule is C[C@]12CC[C@@H](O)C[C@@H]1CC[C@@H]1[C@H]2CC[C@]2(C)[C@@H]([NH3+])CC[C@@H]12. The van der Waals surface area contributed by atoms with E-state index in [1.54, 1.807) is 0 Å². The predicted octanol–water partition coefficient (Wildman–Crippen LogP) is 3.00. The van der Waals surface area contributed by atoms with E-state index in [2.05, 4.69) is 19.6 Å². The summed E-state index contributed by atoms with van der Waals surface area (Å²) in [4.78, 5) is 0. The Labute approximate surface area is 129 Å². The Morgan fingerprint density at radius 1 is 0.857 bits per heavy atom. The van der Waals surface area contributed by atoms with Crippen molar-refractivity contribution in [2.24, 2.45) is 34.5 Å². The number of quaternary nitrogens is 1. The molecule has 0 aromatic rings. The summed E-state index contributed by atoms with van der Waals surface area (Å²) in [6.07, 6.45) is 11.9. The molecule has 0 aromatic carbocycles. The molecule has 2 nitrogen and oxygen atoms in total. The fraction of sp³-hybridized carbons (Fsp3) is 1.00. The fourth-order valence-electron chi connectivity index (χ4n) is 7.34. The second kappa shape index (κ2) is 4.71. The van der Waals surface area contributed by atoms with Gasteiger partial charge in [-0.2, -0.15) is 0 Å². The number of aliphatic hydroxyl groups excluding tert-OH is 1. The third-order valence-electron chi connectivity index (χ3n) is 8.83. The van der Waals surface area contributed by atoms with Gasteiger partial charge in [0.1, 0.15) is 0 Å². The molecule has 0 spiro atoms. The van der Waals surface area contributed by atoms with Gasteiger partial charge in [-0.05, 0) is 80.5 Å². The van der Waals surface area contributed by atoms with E-state index in [0.29, 0.717) is 16.9 Å². The zero-order valence-electron chi connectivity index (χ0n) is 14.0. The molecule has 0 radical (unpaired) electrons. The average Bonchev–Trinajstić information content (AvgIpc) is 2.76. The molecule has 4 aliphatic carbocycles. The highest BCUT2D eigenvalue weighted by molar-refractivity contribution is 5.09. The summed E-state index contributed by atoms with van der Waals surface area (Å²) in [6.45, 7) is 5.14. The number of fused-ring (bicyclic) bond motifs is 5. The van der Waals surface area contributed by atoms with E-state index in [0.717, 1.165) is 36.5 Å². The largest absolute Gasteiger partial charge is 0.393 e. The monoisotopic (exact) mass is 292 g/mol. The van der Waals surface area contributed by atoms with Crippen molar-refractivity contribution in [3.63, 3.8) is 0 Å². The minimum Gasteiger partial charge on any atom is -0.393 e. The second-order valence-electron chi connectivity index (χ2n) is 9.40. The van der Waals surface area contributed by atoms with Crippen LogP contribution in [0.15, 0.2) is 0 Å². The molecule has 0 amide bonds. The van der Waals surface area contributed by atoms with Crippen LogP contribution in [0.1, 0.15) is 71.6 Å². The topological polar surface area (TPSA) is 47.9 Å². The van der Waals surface area contributed by atoms with E-state index in [1.807, 2.05) is 0 Å². The molecule has 4 N–H and O–H groups in total. The van der Waals surface area contributed by atoms with Crippen molar-refractivity contribution in [2.75, 3.05) is 0 Å². The third-order valence-corrected chi connectivity index (χ3v) is 8.83. The van der Waals surface area contributed by atoms with Crippen molar-refractivity contribution >= 4 is 0 Å². The molecule has 4 rings (SSSR count). The van der Waals surface area contributed by atoms with E-state index in [-0.39, 0.29) is 6.10 Å². The molecule has 0 aliphatic heterocycles. The number of rotatable bonds is 0.